The van der Waals surface area contributed by atoms with Gasteiger partial charge in [-0.1, -0.05) is 30.3 Å². The van der Waals surface area contributed by atoms with Crippen molar-refractivity contribution in [2.75, 3.05) is 6.54 Å². The van der Waals surface area contributed by atoms with Crippen molar-refractivity contribution in [1.29, 1.82) is 5.26 Å². The number of carbonyl (C=O) groups is 1. The van der Waals surface area contributed by atoms with Crippen molar-refractivity contribution >= 4 is 5.91 Å². The minimum Gasteiger partial charge on any atom is -0.327 e. The number of nitrogens with zero attached hydrogens (tertiary/aromatic N) is 2. The molecule has 1 fully saturated rings. The fourth-order valence-corrected chi connectivity index (χ4v) is 2.60. The van der Waals surface area contributed by atoms with Gasteiger partial charge in [-0.2, -0.15) is 5.26 Å². The van der Waals surface area contributed by atoms with Gasteiger partial charge in [-0.3, -0.25) is 4.79 Å². The number of hydrogen-bond acceptors (Lipinski definition) is 2. The molecule has 1 saturated heterocycles. The summed E-state index contributed by atoms with van der Waals surface area (Å²) in [5.74, 6) is 0.141. The SMILES string of the molecule is N#CC1CCCCN1C(=O)CCCc1ccccc1. The fraction of sp³-hybridized carbons (Fsp3) is 0.500. The molecule has 1 heterocycles. The molecule has 3 nitrogen and oxygen atoms in total. The van der Waals surface area contributed by atoms with E-state index in [-0.39, 0.29) is 11.9 Å². The Bertz CT molecular complexity index is 450. The monoisotopic (exact) mass is 256 g/mol. The van der Waals surface area contributed by atoms with Gasteiger partial charge in [0.1, 0.15) is 6.04 Å². The second kappa shape index (κ2) is 6.94. The third-order valence-corrected chi connectivity index (χ3v) is 3.67. The van der Waals surface area contributed by atoms with Crippen LogP contribution in [-0.2, 0) is 11.2 Å². The van der Waals surface area contributed by atoms with Crippen LogP contribution in [0.1, 0.15) is 37.7 Å². The van der Waals surface area contributed by atoms with Crippen LogP contribution in [0.4, 0.5) is 0 Å². The molecule has 0 bridgehead atoms. The Morgan fingerprint density at radius 3 is 2.84 bits per heavy atom. The van der Waals surface area contributed by atoms with Gasteiger partial charge in [-0.05, 0) is 37.7 Å². The standard InChI is InChI=1S/C16H20N2O/c17-13-15-10-4-5-12-18(15)16(19)11-6-9-14-7-2-1-3-8-14/h1-3,7-8,15H,4-6,9-12H2. The molecule has 1 amide bonds. The lowest BCUT2D eigenvalue weighted by atomic mass is 10.0. The summed E-state index contributed by atoms with van der Waals surface area (Å²) < 4.78 is 0. The molecule has 1 aliphatic heterocycles. The molecule has 2 rings (SSSR count). The number of hydrogen-bond donors (Lipinski definition) is 0. The van der Waals surface area contributed by atoms with Crippen molar-refractivity contribution in [1.82, 2.24) is 4.90 Å². The highest BCUT2D eigenvalue weighted by atomic mass is 16.2. The summed E-state index contributed by atoms with van der Waals surface area (Å²) in [6.45, 7) is 0.752. The van der Waals surface area contributed by atoms with Gasteiger partial charge in [0.15, 0.2) is 0 Å². The molecular weight excluding hydrogens is 236 g/mol. The lowest BCUT2D eigenvalue weighted by Gasteiger charge is -2.31. The van der Waals surface area contributed by atoms with Gasteiger partial charge < -0.3 is 4.90 Å². The largest absolute Gasteiger partial charge is 0.327 e. The van der Waals surface area contributed by atoms with Crippen molar-refractivity contribution in [2.24, 2.45) is 0 Å². The molecule has 1 aromatic carbocycles. The van der Waals surface area contributed by atoms with E-state index in [1.165, 1.54) is 5.56 Å². The second-order valence-corrected chi connectivity index (χ2v) is 5.07. The predicted molar refractivity (Wildman–Crippen MR) is 74.3 cm³/mol. The molecule has 3 heteroatoms. The van der Waals surface area contributed by atoms with Crippen LogP contribution in [0.5, 0.6) is 0 Å². The van der Waals surface area contributed by atoms with Gasteiger partial charge in [0.05, 0.1) is 6.07 Å². The fourth-order valence-electron chi connectivity index (χ4n) is 2.60. The highest BCUT2D eigenvalue weighted by Gasteiger charge is 2.25. The van der Waals surface area contributed by atoms with Gasteiger partial charge in [-0.25, -0.2) is 0 Å². The van der Waals surface area contributed by atoms with Crippen molar-refractivity contribution in [3.8, 4) is 6.07 Å². The van der Waals surface area contributed by atoms with Gasteiger partial charge in [0.25, 0.3) is 0 Å². The number of benzene rings is 1. The Labute approximate surface area is 114 Å². The molecule has 0 radical (unpaired) electrons. The van der Waals surface area contributed by atoms with Crippen LogP contribution in [0.15, 0.2) is 30.3 Å². The Balaban J connectivity index is 1.79. The molecule has 0 N–H and O–H groups in total. The summed E-state index contributed by atoms with van der Waals surface area (Å²) >= 11 is 0. The first kappa shape index (κ1) is 13.6. The van der Waals surface area contributed by atoms with E-state index in [9.17, 15) is 4.79 Å². The zero-order valence-electron chi connectivity index (χ0n) is 11.2. The highest BCUT2D eigenvalue weighted by molar-refractivity contribution is 5.77. The number of carbonyl (C=O) groups excluding carboxylic acids is 1. The normalized spacial score (nSPS) is 18.9. The Morgan fingerprint density at radius 2 is 2.11 bits per heavy atom. The van der Waals surface area contributed by atoms with E-state index >= 15 is 0 Å². The molecular formula is C16H20N2O. The Kier molecular flexibility index (Phi) is 4.97. The van der Waals surface area contributed by atoms with Crippen LogP contribution in [0.2, 0.25) is 0 Å². The molecule has 1 aromatic rings. The van der Waals surface area contributed by atoms with Crippen molar-refractivity contribution in [3.63, 3.8) is 0 Å². The maximum atomic E-state index is 12.1. The third-order valence-electron chi connectivity index (χ3n) is 3.67. The number of nitriles is 1. The molecule has 19 heavy (non-hydrogen) atoms. The third kappa shape index (κ3) is 3.82. The molecule has 0 aromatic heterocycles. The smallest absolute Gasteiger partial charge is 0.223 e. The van der Waals surface area contributed by atoms with E-state index in [2.05, 4.69) is 18.2 Å². The molecule has 0 aliphatic carbocycles. The lowest BCUT2D eigenvalue weighted by molar-refractivity contribution is -0.133. The zero-order valence-corrected chi connectivity index (χ0v) is 11.2. The summed E-state index contributed by atoms with van der Waals surface area (Å²) in [6.07, 6.45) is 5.26. The van der Waals surface area contributed by atoms with E-state index in [4.69, 9.17) is 5.26 Å². The van der Waals surface area contributed by atoms with E-state index in [0.717, 1.165) is 38.6 Å². The van der Waals surface area contributed by atoms with Crippen LogP contribution >= 0.6 is 0 Å². The lowest BCUT2D eigenvalue weighted by Crippen LogP contribution is -2.42. The first-order valence-corrected chi connectivity index (χ1v) is 7.04. The average Bonchev–Trinajstić information content (AvgIpc) is 2.48. The number of aryl methyl sites for hydroxylation is 1. The Morgan fingerprint density at radius 1 is 1.32 bits per heavy atom. The quantitative estimate of drug-likeness (QED) is 0.831. The van der Waals surface area contributed by atoms with Crippen molar-refractivity contribution in [3.05, 3.63) is 35.9 Å². The summed E-state index contributed by atoms with van der Waals surface area (Å²) in [7, 11) is 0. The molecule has 1 atom stereocenters. The maximum absolute atomic E-state index is 12.1. The molecule has 0 spiro atoms. The second-order valence-electron chi connectivity index (χ2n) is 5.07. The highest BCUT2D eigenvalue weighted by Crippen LogP contribution is 2.18. The minimum atomic E-state index is -0.196. The maximum Gasteiger partial charge on any atom is 0.223 e. The van der Waals surface area contributed by atoms with Crippen LogP contribution in [0.3, 0.4) is 0 Å². The number of likely N-dealkylation sites (tertiary alicyclic amines) is 1. The average molecular weight is 256 g/mol. The van der Waals surface area contributed by atoms with E-state index in [1.807, 2.05) is 18.2 Å². The van der Waals surface area contributed by atoms with Gasteiger partial charge >= 0.3 is 0 Å². The predicted octanol–water partition coefficient (Wildman–Crippen LogP) is 2.91. The summed E-state index contributed by atoms with van der Waals surface area (Å²) in [5.41, 5.74) is 1.27. The molecule has 1 unspecified atom stereocenters. The molecule has 1 aliphatic rings. The topological polar surface area (TPSA) is 44.1 Å². The van der Waals surface area contributed by atoms with Crippen LogP contribution < -0.4 is 0 Å². The van der Waals surface area contributed by atoms with Crippen LogP contribution in [-0.4, -0.2) is 23.4 Å². The van der Waals surface area contributed by atoms with Crippen molar-refractivity contribution in [2.45, 2.75) is 44.6 Å². The first-order valence-electron chi connectivity index (χ1n) is 7.04. The number of amides is 1. The van der Waals surface area contributed by atoms with E-state index in [0.29, 0.717) is 6.42 Å². The van der Waals surface area contributed by atoms with Gasteiger partial charge in [0.2, 0.25) is 5.91 Å². The van der Waals surface area contributed by atoms with Gasteiger partial charge in [-0.15, -0.1) is 0 Å². The Hall–Kier alpha value is -1.82. The van der Waals surface area contributed by atoms with E-state index in [1.54, 1.807) is 4.90 Å². The first-order chi connectivity index (χ1) is 9.31. The zero-order chi connectivity index (χ0) is 13.5. The van der Waals surface area contributed by atoms with E-state index < -0.39 is 0 Å². The number of piperidine rings is 1. The summed E-state index contributed by atoms with van der Waals surface area (Å²) in [4.78, 5) is 13.9. The van der Waals surface area contributed by atoms with Gasteiger partial charge in [0, 0.05) is 13.0 Å². The van der Waals surface area contributed by atoms with Crippen LogP contribution in [0.25, 0.3) is 0 Å². The minimum absolute atomic E-state index is 0.141. The van der Waals surface area contributed by atoms with Crippen molar-refractivity contribution < 1.29 is 4.79 Å². The summed E-state index contributed by atoms with van der Waals surface area (Å²) in [6, 6.07) is 12.3. The summed E-state index contributed by atoms with van der Waals surface area (Å²) in [5, 5.41) is 9.07. The van der Waals surface area contributed by atoms with Crippen LogP contribution in [0, 0.1) is 11.3 Å². The molecule has 0 saturated carbocycles. The number of rotatable bonds is 4. The molecule has 100 valence electrons.